The molecule has 2 atom stereocenters. The number of nitrogens with zero attached hydrogens (tertiary/aromatic N) is 3. The summed E-state index contributed by atoms with van der Waals surface area (Å²) in [7, 11) is 0. The lowest BCUT2D eigenvalue weighted by Crippen LogP contribution is -2.37. The second-order valence-electron chi connectivity index (χ2n) is 5.64. The van der Waals surface area contributed by atoms with Crippen molar-refractivity contribution in [3.8, 4) is 11.4 Å². The highest BCUT2D eigenvalue weighted by Gasteiger charge is 2.30. The Morgan fingerprint density at radius 2 is 2.05 bits per heavy atom. The Labute approximate surface area is 125 Å². The topological polar surface area (TPSA) is 63.8 Å². The van der Waals surface area contributed by atoms with E-state index < -0.39 is 0 Å². The molecule has 0 saturated heterocycles. The molecule has 0 radical (unpaired) electrons. The summed E-state index contributed by atoms with van der Waals surface area (Å²) in [5, 5.41) is 7.77. The van der Waals surface area contributed by atoms with E-state index in [1.807, 2.05) is 12.1 Å². The molecule has 0 aromatic carbocycles. The Hall–Kier alpha value is -1.75. The molecule has 1 N–H and O–H groups in total. The van der Waals surface area contributed by atoms with E-state index in [0.29, 0.717) is 17.8 Å². The van der Waals surface area contributed by atoms with E-state index in [9.17, 15) is 0 Å². The molecule has 2 unspecified atom stereocenters. The molecule has 1 saturated carbocycles. The third kappa shape index (κ3) is 3.29. The standard InChI is InChI=1S/C16H22N4O/c1-2-9-18-14-6-4-3-5-13(14)16-19-15(20-21-16)12-7-10-17-11-8-12/h7-8,10-11,13-14,18H,2-6,9H2,1H3. The van der Waals surface area contributed by atoms with Gasteiger partial charge >= 0.3 is 0 Å². The molecule has 0 bridgehead atoms. The maximum atomic E-state index is 5.55. The fourth-order valence-corrected chi connectivity index (χ4v) is 3.00. The van der Waals surface area contributed by atoms with Crippen LogP contribution in [0.15, 0.2) is 29.0 Å². The smallest absolute Gasteiger partial charge is 0.231 e. The average molecular weight is 286 g/mol. The molecule has 0 spiro atoms. The minimum absolute atomic E-state index is 0.341. The number of hydrogen-bond acceptors (Lipinski definition) is 5. The summed E-state index contributed by atoms with van der Waals surface area (Å²) < 4.78 is 5.55. The predicted octanol–water partition coefficient (Wildman–Crippen LogP) is 3.16. The van der Waals surface area contributed by atoms with E-state index in [1.165, 1.54) is 19.3 Å². The Bertz CT molecular complexity index is 554. The van der Waals surface area contributed by atoms with Gasteiger partial charge in [0.05, 0.1) is 5.92 Å². The number of hydrogen-bond donors (Lipinski definition) is 1. The second-order valence-corrected chi connectivity index (χ2v) is 5.64. The highest BCUT2D eigenvalue weighted by atomic mass is 16.5. The molecular weight excluding hydrogens is 264 g/mol. The Morgan fingerprint density at radius 3 is 2.86 bits per heavy atom. The maximum absolute atomic E-state index is 5.55. The molecule has 2 aromatic rings. The van der Waals surface area contributed by atoms with Gasteiger partial charge in [-0.15, -0.1) is 0 Å². The van der Waals surface area contributed by atoms with E-state index in [-0.39, 0.29) is 0 Å². The van der Waals surface area contributed by atoms with Crippen LogP contribution in [0.25, 0.3) is 11.4 Å². The first kappa shape index (κ1) is 14.2. The number of nitrogens with one attached hydrogen (secondary N) is 1. The van der Waals surface area contributed by atoms with Crippen molar-refractivity contribution in [2.45, 2.75) is 51.0 Å². The summed E-state index contributed by atoms with van der Waals surface area (Å²) in [5.74, 6) is 1.77. The lowest BCUT2D eigenvalue weighted by Gasteiger charge is -2.29. The number of rotatable bonds is 5. The van der Waals surface area contributed by atoms with Gasteiger partial charge in [-0.2, -0.15) is 4.98 Å². The highest BCUT2D eigenvalue weighted by molar-refractivity contribution is 5.52. The van der Waals surface area contributed by atoms with Crippen molar-refractivity contribution in [3.05, 3.63) is 30.4 Å². The second kappa shape index (κ2) is 6.80. The summed E-state index contributed by atoms with van der Waals surface area (Å²) >= 11 is 0. The molecule has 5 heteroatoms. The fourth-order valence-electron chi connectivity index (χ4n) is 3.00. The molecule has 2 heterocycles. The van der Waals surface area contributed by atoms with E-state index in [1.54, 1.807) is 12.4 Å². The highest BCUT2D eigenvalue weighted by Crippen LogP contribution is 2.33. The third-order valence-corrected chi connectivity index (χ3v) is 4.12. The molecule has 112 valence electrons. The lowest BCUT2D eigenvalue weighted by atomic mass is 9.84. The monoisotopic (exact) mass is 286 g/mol. The van der Waals surface area contributed by atoms with Crippen LogP contribution in [-0.2, 0) is 0 Å². The van der Waals surface area contributed by atoms with Crippen molar-refractivity contribution in [2.75, 3.05) is 6.54 Å². The van der Waals surface area contributed by atoms with Gasteiger partial charge in [-0.3, -0.25) is 4.98 Å². The first-order valence-electron chi connectivity index (χ1n) is 7.86. The molecule has 0 aliphatic heterocycles. The van der Waals surface area contributed by atoms with Crippen molar-refractivity contribution in [1.29, 1.82) is 0 Å². The Balaban J connectivity index is 1.77. The molecular formula is C16H22N4O. The van der Waals surface area contributed by atoms with Gasteiger partial charge in [0.1, 0.15) is 0 Å². The van der Waals surface area contributed by atoms with Gasteiger partial charge in [0, 0.05) is 24.0 Å². The van der Waals surface area contributed by atoms with E-state index in [2.05, 4.69) is 27.4 Å². The van der Waals surface area contributed by atoms with Crippen molar-refractivity contribution >= 4 is 0 Å². The zero-order valence-electron chi connectivity index (χ0n) is 12.5. The van der Waals surface area contributed by atoms with Crippen LogP contribution in [0.1, 0.15) is 50.8 Å². The quantitative estimate of drug-likeness (QED) is 0.914. The first-order chi connectivity index (χ1) is 10.4. The van der Waals surface area contributed by atoms with Crippen LogP contribution in [0, 0.1) is 0 Å². The zero-order valence-corrected chi connectivity index (χ0v) is 12.5. The molecule has 21 heavy (non-hydrogen) atoms. The molecule has 1 aliphatic carbocycles. The van der Waals surface area contributed by atoms with Gasteiger partial charge in [-0.25, -0.2) is 0 Å². The van der Waals surface area contributed by atoms with Crippen molar-refractivity contribution in [1.82, 2.24) is 20.4 Å². The molecule has 1 aliphatic rings. The average Bonchev–Trinajstić information content (AvgIpc) is 3.04. The van der Waals surface area contributed by atoms with E-state index in [4.69, 9.17) is 4.52 Å². The van der Waals surface area contributed by atoms with Crippen LogP contribution in [-0.4, -0.2) is 27.7 Å². The van der Waals surface area contributed by atoms with Crippen LogP contribution in [0.4, 0.5) is 0 Å². The first-order valence-corrected chi connectivity index (χ1v) is 7.86. The molecule has 2 aromatic heterocycles. The van der Waals surface area contributed by atoms with E-state index in [0.717, 1.165) is 30.8 Å². The summed E-state index contributed by atoms with van der Waals surface area (Å²) in [6, 6.07) is 4.27. The number of pyridine rings is 1. The van der Waals surface area contributed by atoms with Crippen molar-refractivity contribution < 1.29 is 4.52 Å². The third-order valence-electron chi connectivity index (χ3n) is 4.12. The van der Waals surface area contributed by atoms with Gasteiger partial charge in [0.2, 0.25) is 11.7 Å². The predicted molar refractivity (Wildman–Crippen MR) is 80.8 cm³/mol. The summed E-state index contributed by atoms with van der Waals surface area (Å²) in [5.41, 5.74) is 0.953. The van der Waals surface area contributed by atoms with Gasteiger partial charge in [-0.1, -0.05) is 24.9 Å². The Kier molecular flexibility index (Phi) is 4.60. The van der Waals surface area contributed by atoms with Crippen molar-refractivity contribution in [3.63, 3.8) is 0 Å². The minimum atomic E-state index is 0.341. The van der Waals surface area contributed by atoms with Gasteiger partial charge in [0.15, 0.2) is 0 Å². The van der Waals surface area contributed by atoms with Crippen LogP contribution in [0.2, 0.25) is 0 Å². The van der Waals surface area contributed by atoms with Crippen LogP contribution in [0.3, 0.4) is 0 Å². The SMILES string of the molecule is CCCNC1CCCCC1c1nc(-c2ccncc2)no1. The maximum Gasteiger partial charge on any atom is 0.231 e. The molecule has 5 nitrogen and oxygen atoms in total. The number of aromatic nitrogens is 3. The summed E-state index contributed by atoms with van der Waals surface area (Å²) in [4.78, 5) is 8.63. The van der Waals surface area contributed by atoms with Gasteiger partial charge in [-0.05, 0) is 37.9 Å². The molecule has 0 amide bonds. The van der Waals surface area contributed by atoms with Gasteiger partial charge < -0.3 is 9.84 Å². The minimum Gasteiger partial charge on any atom is -0.339 e. The van der Waals surface area contributed by atoms with E-state index >= 15 is 0 Å². The largest absolute Gasteiger partial charge is 0.339 e. The Morgan fingerprint density at radius 1 is 1.24 bits per heavy atom. The molecule has 3 rings (SSSR count). The molecule has 1 fully saturated rings. The van der Waals surface area contributed by atoms with Crippen molar-refractivity contribution in [2.24, 2.45) is 0 Å². The van der Waals surface area contributed by atoms with Gasteiger partial charge in [0.25, 0.3) is 0 Å². The summed E-state index contributed by atoms with van der Waals surface area (Å²) in [6.07, 6.45) is 9.48. The lowest BCUT2D eigenvalue weighted by molar-refractivity contribution is 0.263. The zero-order chi connectivity index (χ0) is 14.5. The summed E-state index contributed by atoms with van der Waals surface area (Å²) in [6.45, 7) is 3.24. The fraction of sp³-hybridized carbons (Fsp3) is 0.562. The normalized spacial score (nSPS) is 22.3. The van der Waals surface area contributed by atoms with Crippen LogP contribution < -0.4 is 5.32 Å². The van der Waals surface area contributed by atoms with Crippen LogP contribution >= 0.6 is 0 Å². The van der Waals surface area contributed by atoms with Crippen LogP contribution in [0.5, 0.6) is 0 Å².